The number of fused-ring (bicyclic) bond motifs is 1. The van der Waals surface area contributed by atoms with Crippen LogP contribution < -0.4 is 29.1 Å². The fourth-order valence-corrected chi connectivity index (χ4v) is 5.33. The molecule has 200 valence electrons. The summed E-state index contributed by atoms with van der Waals surface area (Å²) in [6, 6.07) is 9.43. The van der Waals surface area contributed by atoms with Crippen LogP contribution in [0.3, 0.4) is 0 Å². The third-order valence-electron chi connectivity index (χ3n) is 5.90. The maximum Gasteiger partial charge on any atom is 0.338 e. The molecule has 1 atom stereocenters. The lowest BCUT2D eigenvalue weighted by molar-refractivity contribution is -0.139. The van der Waals surface area contributed by atoms with Gasteiger partial charge in [-0.2, -0.15) is 0 Å². The summed E-state index contributed by atoms with van der Waals surface area (Å²) in [5.41, 5.74) is 1.77. The minimum Gasteiger partial charge on any atom is -0.504 e. The number of rotatable bonds is 9. The van der Waals surface area contributed by atoms with Gasteiger partial charge in [0.1, 0.15) is 0 Å². The molecule has 2 aromatic carbocycles. The van der Waals surface area contributed by atoms with Gasteiger partial charge in [0.25, 0.3) is 5.56 Å². The molecule has 2 heterocycles. The first-order valence-corrected chi connectivity index (χ1v) is 13.1. The molecule has 1 N–H and O–H groups in total. The SMILES string of the molecule is CCOC(=O)C1=C(C)N=c2sc(=Cc3ccc(O)c(OC)c3)c(=O)n2C1c1ccc(OCC)c(OCC)c1. The molecule has 10 heteroatoms. The molecule has 9 nitrogen and oxygen atoms in total. The van der Waals surface area contributed by atoms with Gasteiger partial charge in [-0.05, 0) is 69.2 Å². The minimum atomic E-state index is -0.781. The second-order valence-corrected chi connectivity index (χ2v) is 9.31. The first kappa shape index (κ1) is 27.0. The summed E-state index contributed by atoms with van der Waals surface area (Å²) < 4.78 is 24.0. The van der Waals surface area contributed by atoms with Gasteiger partial charge in [-0.3, -0.25) is 9.36 Å². The summed E-state index contributed by atoms with van der Waals surface area (Å²) in [5.74, 6) is 0.848. The van der Waals surface area contributed by atoms with Gasteiger partial charge >= 0.3 is 5.97 Å². The Balaban J connectivity index is 1.94. The van der Waals surface area contributed by atoms with Crippen molar-refractivity contribution in [1.29, 1.82) is 0 Å². The number of carbonyl (C=O) groups is 1. The second kappa shape index (κ2) is 11.6. The van der Waals surface area contributed by atoms with Crippen molar-refractivity contribution < 1.29 is 28.8 Å². The summed E-state index contributed by atoms with van der Waals surface area (Å²) in [7, 11) is 1.46. The molecule has 1 aliphatic rings. The standard InChI is InChI=1S/C28H30N2O7S/c1-6-35-20-12-10-18(15-22(20)36-7-2)25-24(27(33)37-8-3)16(4)29-28-30(25)26(32)23(38-28)14-17-9-11-19(31)21(13-17)34-5/h9-15,25,31H,6-8H2,1-5H3. The summed E-state index contributed by atoms with van der Waals surface area (Å²) in [6.45, 7) is 8.29. The first-order valence-electron chi connectivity index (χ1n) is 12.3. The molecule has 4 rings (SSSR count). The maximum absolute atomic E-state index is 13.8. The van der Waals surface area contributed by atoms with Crippen molar-refractivity contribution in [3.63, 3.8) is 0 Å². The zero-order valence-corrected chi connectivity index (χ0v) is 22.8. The number of thiazole rings is 1. The predicted molar refractivity (Wildman–Crippen MR) is 144 cm³/mol. The van der Waals surface area contributed by atoms with E-state index >= 15 is 0 Å². The van der Waals surface area contributed by atoms with Gasteiger partial charge in [0.05, 0.1) is 48.8 Å². The van der Waals surface area contributed by atoms with E-state index < -0.39 is 12.0 Å². The number of hydrogen-bond donors (Lipinski definition) is 1. The number of carbonyl (C=O) groups excluding carboxylic acids is 1. The summed E-state index contributed by atoms with van der Waals surface area (Å²) in [5, 5.41) is 9.93. The van der Waals surface area contributed by atoms with Crippen molar-refractivity contribution in [3.05, 3.63) is 78.5 Å². The van der Waals surface area contributed by atoms with E-state index in [0.29, 0.717) is 56.6 Å². The molecule has 0 bridgehead atoms. The van der Waals surface area contributed by atoms with Crippen molar-refractivity contribution in [3.8, 4) is 23.0 Å². The Kier molecular flexibility index (Phi) is 8.21. The number of aromatic nitrogens is 1. The van der Waals surface area contributed by atoms with E-state index in [-0.39, 0.29) is 23.5 Å². The lowest BCUT2D eigenvalue weighted by atomic mass is 9.95. The predicted octanol–water partition coefficient (Wildman–Crippen LogP) is 3.31. The highest BCUT2D eigenvalue weighted by atomic mass is 32.1. The molecule has 3 aromatic rings. The van der Waals surface area contributed by atoms with Crippen LogP contribution >= 0.6 is 11.3 Å². The van der Waals surface area contributed by atoms with Crippen LogP contribution in [0, 0.1) is 0 Å². The Hall–Kier alpha value is -4.05. The highest BCUT2D eigenvalue weighted by molar-refractivity contribution is 7.07. The van der Waals surface area contributed by atoms with Gasteiger partial charge in [-0.15, -0.1) is 0 Å². The van der Waals surface area contributed by atoms with Crippen LogP contribution in [0.5, 0.6) is 23.0 Å². The number of ether oxygens (including phenoxy) is 4. The van der Waals surface area contributed by atoms with E-state index in [2.05, 4.69) is 4.99 Å². The number of allylic oxidation sites excluding steroid dienone is 1. The van der Waals surface area contributed by atoms with Crippen LogP contribution in [0.15, 0.2) is 57.5 Å². The van der Waals surface area contributed by atoms with Crippen molar-refractivity contribution in [2.75, 3.05) is 26.9 Å². The van der Waals surface area contributed by atoms with Gasteiger partial charge < -0.3 is 24.1 Å². The van der Waals surface area contributed by atoms with Gasteiger partial charge in [0.15, 0.2) is 27.8 Å². The normalized spacial score (nSPS) is 15.1. The Morgan fingerprint density at radius 2 is 1.79 bits per heavy atom. The molecular formula is C28H30N2O7S. The average Bonchev–Trinajstić information content (AvgIpc) is 3.19. The third-order valence-corrected chi connectivity index (χ3v) is 6.88. The van der Waals surface area contributed by atoms with Crippen LogP contribution in [-0.4, -0.2) is 42.6 Å². The van der Waals surface area contributed by atoms with Gasteiger partial charge in [0, 0.05) is 0 Å². The van der Waals surface area contributed by atoms with Crippen LogP contribution in [0.25, 0.3) is 6.08 Å². The Labute approximate surface area is 223 Å². The van der Waals surface area contributed by atoms with Crippen LogP contribution in [0.4, 0.5) is 0 Å². The Morgan fingerprint density at radius 1 is 1.05 bits per heavy atom. The molecule has 1 aromatic heterocycles. The van der Waals surface area contributed by atoms with E-state index in [1.165, 1.54) is 29.1 Å². The molecule has 0 amide bonds. The van der Waals surface area contributed by atoms with E-state index in [4.69, 9.17) is 18.9 Å². The molecule has 0 fully saturated rings. The Bertz CT molecular complexity index is 1570. The molecule has 38 heavy (non-hydrogen) atoms. The summed E-state index contributed by atoms with van der Waals surface area (Å²) in [4.78, 5) is 32.0. The van der Waals surface area contributed by atoms with E-state index in [0.717, 1.165) is 0 Å². The van der Waals surface area contributed by atoms with Crippen molar-refractivity contribution in [2.24, 2.45) is 4.99 Å². The van der Waals surface area contributed by atoms with E-state index in [9.17, 15) is 14.7 Å². The van der Waals surface area contributed by atoms with Gasteiger partial charge in [-0.25, -0.2) is 9.79 Å². The molecule has 1 unspecified atom stereocenters. The fourth-order valence-electron chi connectivity index (χ4n) is 4.28. The van der Waals surface area contributed by atoms with Gasteiger partial charge in [0.2, 0.25) is 0 Å². The number of esters is 1. The largest absolute Gasteiger partial charge is 0.504 e. The topological polar surface area (TPSA) is 109 Å². The van der Waals surface area contributed by atoms with E-state index in [1.54, 1.807) is 44.2 Å². The Morgan fingerprint density at radius 3 is 2.47 bits per heavy atom. The van der Waals surface area contributed by atoms with Crippen molar-refractivity contribution in [2.45, 2.75) is 33.7 Å². The number of methoxy groups -OCH3 is 1. The second-order valence-electron chi connectivity index (χ2n) is 8.31. The number of phenolic OH excluding ortho intramolecular Hbond substituents is 1. The smallest absolute Gasteiger partial charge is 0.338 e. The lowest BCUT2D eigenvalue weighted by Crippen LogP contribution is -2.40. The third kappa shape index (κ3) is 5.17. The van der Waals surface area contributed by atoms with Crippen molar-refractivity contribution >= 4 is 23.4 Å². The zero-order chi connectivity index (χ0) is 27.4. The van der Waals surface area contributed by atoms with Gasteiger partial charge in [-0.1, -0.05) is 23.5 Å². The quantitative estimate of drug-likeness (QED) is 0.417. The molecule has 0 spiro atoms. The van der Waals surface area contributed by atoms with Crippen LogP contribution in [-0.2, 0) is 9.53 Å². The van der Waals surface area contributed by atoms with Crippen LogP contribution in [0.1, 0.15) is 44.9 Å². The first-order chi connectivity index (χ1) is 18.3. The average molecular weight is 539 g/mol. The molecular weight excluding hydrogens is 508 g/mol. The molecule has 0 aliphatic carbocycles. The summed E-state index contributed by atoms with van der Waals surface area (Å²) >= 11 is 1.21. The van der Waals surface area contributed by atoms with Crippen LogP contribution in [0.2, 0.25) is 0 Å². The number of phenols is 1. The highest BCUT2D eigenvalue weighted by Gasteiger charge is 2.34. The monoisotopic (exact) mass is 538 g/mol. The highest BCUT2D eigenvalue weighted by Crippen LogP contribution is 2.36. The number of nitrogens with zero attached hydrogens (tertiary/aromatic N) is 2. The number of benzene rings is 2. The number of aromatic hydroxyl groups is 1. The zero-order valence-electron chi connectivity index (χ0n) is 21.9. The van der Waals surface area contributed by atoms with E-state index in [1.807, 2.05) is 19.9 Å². The molecule has 1 aliphatic heterocycles. The maximum atomic E-state index is 13.8. The number of hydrogen-bond acceptors (Lipinski definition) is 9. The molecule has 0 radical (unpaired) electrons. The van der Waals surface area contributed by atoms with Crippen molar-refractivity contribution in [1.82, 2.24) is 4.57 Å². The molecule has 0 saturated heterocycles. The summed E-state index contributed by atoms with van der Waals surface area (Å²) in [6.07, 6.45) is 1.70. The molecule has 0 saturated carbocycles. The minimum absolute atomic E-state index is 0.00131. The fraction of sp³-hybridized carbons (Fsp3) is 0.321. The lowest BCUT2D eigenvalue weighted by Gasteiger charge is -2.25.